The number of hydrogen-bond acceptors (Lipinski definition) is 3. The fourth-order valence-electron chi connectivity index (χ4n) is 2.56. The van der Waals surface area contributed by atoms with E-state index in [1.807, 2.05) is 6.07 Å². The Morgan fingerprint density at radius 1 is 1.29 bits per heavy atom. The van der Waals surface area contributed by atoms with Crippen molar-refractivity contribution in [3.8, 4) is 0 Å². The molecule has 1 atom stereocenters. The van der Waals surface area contributed by atoms with Crippen molar-refractivity contribution in [2.45, 2.75) is 52.1 Å². The highest BCUT2D eigenvalue weighted by molar-refractivity contribution is 5.82. The second-order valence-electron chi connectivity index (χ2n) is 5.67. The Hall–Kier alpha value is -1.32. The fourth-order valence-corrected chi connectivity index (χ4v) is 2.56. The largest absolute Gasteiger partial charge is 0.461 e. The molecule has 0 fully saturated rings. The van der Waals surface area contributed by atoms with Gasteiger partial charge in [-0.2, -0.15) is 0 Å². The van der Waals surface area contributed by atoms with Crippen LogP contribution >= 0.6 is 0 Å². The molecule has 0 saturated heterocycles. The SMILES string of the molecule is CCCCc1oc2ccccc2c1CNC(C)CCOC. The molecule has 0 radical (unpaired) electrons. The van der Waals surface area contributed by atoms with Gasteiger partial charge in [-0.1, -0.05) is 31.5 Å². The number of aryl methyl sites for hydroxylation is 1. The third kappa shape index (κ3) is 4.32. The number of furan rings is 1. The van der Waals surface area contributed by atoms with E-state index in [4.69, 9.17) is 9.15 Å². The van der Waals surface area contributed by atoms with Crippen molar-refractivity contribution >= 4 is 11.0 Å². The van der Waals surface area contributed by atoms with Crippen LogP contribution in [0.15, 0.2) is 28.7 Å². The molecular formula is C18H27NO2. The van der Waals surface area contributed by atoms with Gasteiger partial charge in [-0.3, -0.25) is 0 Å². The molecule has 2 aromatic rings. The maximum atomic E-state index is 6.05. The molecule has 0 amide bonds. The van der Waals surface area contributed by atoms with Crippen molar-refractivity contribution in [3.63, 3.8) is 0 Å². The van der Waals surface area contributed by atoms with Crippen LogP contribution in [-0.2, 0) is 17.7 Å². The first kappa shape index (κ1) is 16.1. The topological polar surface area (TPSA) is 34.4 Å². The molecule has 116 valence electrons. The summed E-state index contributed by atoms with van der Waals surface area (Å²) in [4.78, 5) is 0. The van der Waals surface area contributed by atoms with Gasteiger partial charge in [-0.25, -0.2) is 0 Å². The normalized spacial score (nSPS) is 12.9. The number of para-hydroxylation sites is 1. The second-order valence-corrected chi connectivity index (χ2v) is 5.67. The minimum atomic E-state index is 0.442. The van der Waals surface area contributed by atoms with Crippen molar-refractivity contribution in [1.82, 2.24) is 5.32 Å². The first-order chi connectivity index (χ1) is 10.3. The monoisotopic (exact) mass is 289 g/mol. The van der Waals surface area contributed by atoms with Crippen molar-refractivity contribution in [2.75, 3.05) is 13.7 Å². The lowest BCUT2D eigenvalue weighted by Gasteiger charge is -2.13. The highest BCUT2D eigenvalue weighted by Crippen LogP contribution is 2.27. The van der Waals surface area contributed by atoms with E-state index in [1.165, 1.54) is 23.8 Å². The van der Waals surface area contributed by atoms with Crippen LogP contribution in [0.4, 0.5) is 0 Å². The van der Waals surface area contributed by atoms with Crippen LogP contribution in [0.3, 0.4) is 0 Å². The number of fused-ring (bicyclic) bond motifs is 1. The number of ether oxygens (including phenoxy) is 1. The molecule has 0 aliphatic rings. The van der Waals surface area contributed by atoms with Gasteiger partial charge in [0.15, 0.2) is 0 Å². The predicted octanol–water partition coefficient (Wildman–Crippen LogP) is 4.29. The van der Waals surface area contributed by atoms with Gasteiger partial charge >= 0.3 is 0 Å². The average Bonchev–Trinajstić information content (AvgIpc) is 2.86. The maximum Gasteiger partial charge on any atom is 0.134 e. The van der Waals surface area contributed by atoms with Crippen molar-refractivity contribution in [3.05, 3.63) is 35.6 Å². The van der Waals surface area contributed by atoms with Gasteiger partial charge in [0.2, 0.25) is 0 Å². The Bertz CT molecular complexity index is 547. The van der Waals surface area contributed by atoms with Gasteiger partial charge in [0.05, 0.1) is 0 Å². The lowest BCUT2D eigenvalue weighted by atomic mass is 10.1. The van der Waals surface area contributed by atoms with Gasteiger partial charge in [0.25, 0.3) is 0 Å². The molecule has 1 N–H and O–H groups in total. The van der Waals surface area contributed by atoms with E-state index in [0.29, 0.717) is 6.04 Å². The lowest BCUT2D eigenvalue weighted by Crippen LogP contribution is -2.26. The third-order valence-electron chi connectivity index (χ3n) is 3.92. The summed E-state index contributed by atoms with van der Waals surface area (Å²) < 4.78 is 11.2. The molecule has 0 aliphatic heterocycles. The van der Waals surface area contributed by atoms with E-state index in [1.54, 1.807) is 7.11 Å². The summed E-state index contributed by atoms with van der Waals surface area (Å²) in [6.07, 6.45) is 4.41. The summed E-state index contributed by atoms with van der Waals surface area (Å²) in [6, 6.07) is 8.78. The number of nitrogens with one attached hydrogen (secondary N) is 1. The number of unbranched alkanes of at least 4 members (excludes halogenated alkanes) is 1. The highest BCUT2D eigenvalue weighted by atomic mass is 16.5. The Balaban J connectivity index is 2.11. The van der Waals surface area contributed by atoms with Crippen LogP contribution in [0, 0.1) is 0 Å². The number of rotatable bonds is 9. The fraction of sp³-hybridized carbons (Fsp3) is 0.556. The maximum absolute atomic E-state index is 6.05. The lowest BCUT2D eigenvalue weighted by molar-refractivity contribution is 0.184. The summed E-state index contributed by atoms with van der Waals surface area (Å²) in [5.74, 6) is 1.14. The summed E-state index contributed by atoms with van der Waals surface area (Å²) in [5, 5.41) is 4.83. The third-order valence-corrected chi connectivity index (χ3v) is 3.92. The first-order valence-corrected chi connectivity index (χ1v) is 7.97. The molecule has 0 bridgehead atoms. The quantitative estimate of drug-likeness (QED) is 0.748. The molecule has 3 heteroatoms. The molecule has 1 aromatic heterocycles. The predicted molar refractivity (Wildman–Crippen MR) is 87.6 cm³/mol. The first-order valence-electron chi connectivity index (χ1n) is 7.97. The van der Waals surface area contributed by atoms with Crippen LogP contribution < -0.4 is 5.32 Å². The Labute approximate surface area is 127 Å². The van der Waals surface area contributed by atoms with Crippen molar-refractivity contribution in [2.24, 2.45) is 0 Å². The van der Waals surface area contributed by atoms with Crippen LogP contribution in [-0.4, -0.2) is 19.8 Å². The van der Waals surface area contributed by atoms with Crippen molar-refractivity contribution < 1.29 is 9.15 Å². The summed E-state index contributed by atoms with van der Waals surface area (Å²) in [7, 11) is 1.75. The Morgan fingerprint density at radius 2 is 2.10 bits per heavy atom. The molecule has 21 heavy (non-hydrogen) atoms. The number of hydrogen-bond donors (Lipinski definition) is 1. The van der Waals surface area contributed by atoms with E-state index in [2.05, 4.69) is 37.4 Å². The van der Waals surface area contributed by atoms with E-state index in [-0.39, 0.29) is 0 Å². The minimum Gasteiger partial charge on any atom is -0.461 e. The zero-order valence-corrected chi connectivity index (χ0v) is 13.4. The van der Waals surface area contributed by atoms with Crippen molar-refractivity contribution in [1.29, 1.82) is 0 Å². The Morgan fingerprint density at radius 3 is 2.86 bits per heavy atom. The van der Waals surface area contributed by atoms with E-state index < -0.39 is 0 Å². The summed E-state index contributed by atoms with van der Waals surface area (Å²) in [6.45, 7) is 6.07. The summed E-state index contributed by atoms with van der Waals surface area (Å²) in [5.41, 5.74) is 2.33. The average molecular weight is 289 g/mol. The second kappa shape index (κ2) is 8.20. The molecule has 1 aromatic carbocycles. The zero-order chi connectivity index (χ0) is 15.1. The smallest absolute Gasteiger partial charge is 0.134 e. The number of benzene rings is 1. The van der Waals surface area contributed by atoms with Gasteiger partial charge in [-0.15, -0.1) is 0 Å². The molecule has 1 unspecified atom stereocenters. The molecular weight excluding hydrogens is 262 g/mol. The van der Waals surface area contributed by atoms with E-state index >= 15 is 0 Å². The summed E-state index contributed by atoms with van der Waals surface area (Å²) >= 11 is 0. The molecule has 3 nitrogen and oxygen atoms in total. The van der Waals surface area contributed by atoms with E-state index in [9.17, 15) is 0 Å². The van der Waals surface area contributed by atoms with Gasteiger partial charge in [0, 0.05) is 43.7 Å². The van der Waals surface area contributed by atoms with Crippen LogP contribution in [0.5, 0.6) is 0 Å². The molecule has 0 saturated carbocycles. The minimum absolute atomic E-state index is 0.442. The van der Waals surface area contributed by atoms with Crippen LogP contribution in [0.2, 0.25) is 0 Å². The standard InChI is InChI=1S/C18H27NO2/c1-4-5-9-18-16(13-19-14(2)11-12-20-3)15-8-6-7-10-17(15)21-18/h6-8,10,14,19H,4-5,9,11-13H2,1-3H3. The highest BCUT2D eigenvalue weighted by Gasteiger charge is 2.14. The molecule has 2 rings (SSSR count). The number of methoxy groups -OCH3 is 1. The van der Waals surface area contributed by atoms with Gasteiger partial charge < -0.3 is 14.5 Å². The van der Waals surface area contributed by atoms with Crippen LogP contribution in [0.1, 0.15) is 44.4 Å². The van der Waals surface area contributed by atoms with E-state index in [0.717, 1.165) is 37.3 Å². The Kier molecular flexibility index (Phi) is 6.27. The zero-order valence-electron chi connectivity index (χ0n) is 13.4. The van der Waals surface area contributed by atoms with Gasteiger partial charge in [0.1, 0.15) is 11.3 Å². The molecule has 0 aliphatic carbocycles. The molecule has 0 spiro atoms. The van der Waals surface area contributed by atoms with Gasteiger partial charge in [-0.05, 0) is 25.8 Å². The molecule has 1 heterocycles. The van der Waals surface area contributed by atoms with Crippen LogP contribution in [0.25, 0.3) is 11.0 Å².